The zero-order valence-electron chi connectivity index (χ0n) is 16.5. The average Bonchev–Trinajstić information content (AvgIpc) is 3.26. The first-order valence-electron chi connectivity index (χ1n) is 10.4. The van der Waals surface area contributed by atoms with Crippen molar-refractivity contribution < 1.29 is 0 Å². The summed E-state index contributed by atoms with van der Waals surface area (Å²) in [7, 11) is 0. The van der Waals surface area contributed by atoms with Crippen LogP contribution in [0.25, 0.3) is 0 Å². The van der Waals surface area contributed by atoms with E-state index in [1.54, 1.807) is 16.7 Å². The molecular formula is C27H25N. The zero-order valence-corrected chi connectivity index (χ0v) is 16.5. The van der Waals surface area contributed by atoms with Gasteiger partial charge in [-0.05, 0) is 52.3 Å². The summed E-state index contributed by atoms with van der Waals surface area (Å²) in [5.41, 5.74) is 7.60. The van der Waals surface area contributed by atoms with Crippen LogP contribution in [0.5, 0.6) is 0 Å². The van der Waals surface area contributed by atoms with Crippen molar-refractivity contribution in [2.45, 2.75) is 25.8 Å². The third kappa shape index (κ3) is 1.97. The SMILES string of the molecule is CC1(C)C2=CC3(N(c4ccccc4)c4ccccc4)CC3=C2C2C=CC=CC21. The highest BCUT2D eigenvalue weighted by Crippen LogP contribution is 2.69. The van der Waals surface area contributed by atoms with E-state index in [0.29, 0.717) is 11.8 Å². The van der Waals surface area contributed by atoms with Crippen LogP contribution >= 0.6 is 0 Å². The van der Waals surface area contributed by atoms with Gasteiger partial charge in [0, 0.05) is 23.7 Å². The minimum Gasteiger partial charge on any atom is -0.328 e. The minimum atomic E-state index is 0.0185. The van der Waals surface area contributed by atoms with Crippen molar-refractivity contribution in [1.29, 1.82) is 0 Å². The van der Waals surface area contributed by atoms with Gasteiger partial charge in [-0.3, -0.25) is 0 Å². The fraction of sp³-hybridized carbons (Fsp3) is 0.259. The quantitative estimate of drug-likeness (QED) is 0.593. The molecule has 2 saturated carbocycles. The van der Waals surface area contributed by atoms with Gasteiger partial charge in [0.25, 0.3) is 0 Å². The lowest BCUT2D eigenvalue weighted by Gasteiger charge is -2.34. The lowest BCUT2D eigenvalue weighted by molar-refractivity contribution is 0.331. The first kappa shape index (κ1) is 16.2. The summed E-state index contributed by atoms with van der Waals surface area (Å²) in [6.07, 6.45) is 13.1. The van der Waals surface area contributed by atoms with E-state index in [0.717, 1.165) is 6.42 Å². The largest absolute Gasteiger partial charge is 0.328 e. The molecule has 2 aromatic rings. The van der Waals surface area contributed by atoms with Gasteiger partial charge in [0.1, 0.15) is 0 Å². The maximum absolute atomic E-state index is 2.61. The summed E-state index contributed by atoms with van der Waals surface area (Å²) >= 11 is 0. The molecule has 0 saturated heterocycles. The third-order valence-electron chi connectivity index (χ3n) is 7.27. The molecule has 0 radical (unpaired) electrons. The highest BCUT2D eigenvalue weighted by atomic mass is 15.2. The topological polar surface area (TPSA) is 3.24 Å². The van der Waals surface area contributed by atoms with Gasteiger partial charge in [-0.25, -0.2) is 0 Å². The normalized spacial score (nSPS) is 30.6. The van der Waals surface area contributed by atoms with E-state index in [4.69, 9.17) is 0 Å². The van der Waals surface area contributed by atoms with Crippen LogP contribution in [0.15, 0.2) is 108 Å². The summed E-state index contributed by atoms with van der Waals surface area (Å²) in [6.45, 7) is 4.86. The van der Waals surface area contributed by atoms with Gasteiger partial charge in [-0.15, -0.1) is 0 Å². The number of nitrogens with zero attached hydrogens (tertiary/aromatic N) is 1. The highest BCUT2D eigenvalue weighted by Gasteiger charge is 2.63. The molecule has 2 fully saturated rings. The van der Waals surface area contributed by atoms with Crippen LogP contribution in [-0.2, 0) is 0 Å². The lowest BCUT2D eigenvalue weighted by atomic mass is 9.75. The Labute approximate surface area is 167 Å². The van der Waals surface area contributed by atoms with Crippen LogP contribution in [-0.4, -0.2) is 5.54 Å². The van der Waals surface area contributed by atoms with Gasteiger partial charge >= 0.3 is 0 Å². The van der Waals surface area contributed by atoms with Crippen LogP contribution in [0.2, 0.25) is 0 Å². The maximum Gasteiger partial charge on any atom is 0.0897 e. The summed E-state index contributed by atoms with van der Waals surface area (Å²) in [5, 5.41) is 0. The molecule has 28 heavy (non-hydrogen) atoms. The average molecular weight is 364 g/mol. The Balaban J connectivity index is 1.53. The Morgan fingerprint density at radius 3 is 2.07 bits per heavy atom. The Hall–Kier alpha value is -2.80. The highest BCUT2D eigenvalue weighted by molar-refractivity contribution is 5.80. The fourth-order valence-electron chi connectivity index (χ4n) is 5.88. The number of anilines is 2. The molecule has 0 N–H and O–H groups in total. The number of benzene rings is 2. The van der Waals surface area contributed by atoms with Crippen LogP contribution in [0.3, 0.4) is 0 Å². The van der Waals surface area contributed by atoms with Crippen molar-refractivity contribution in [1.82, 2.24) is 0 Å². The van der Waals surface area contributed by atoms with Gasteiger partial charge in [0.05, 0.1) is 5.54 Å². The second-order valence-corrected chi connectivity index (χ2v) is 9.10. The Bertz CT molecular complexity index is 1030. The molecule has 1 heteroatoms. The first-order valence-corrected chi connectivity index (χ1v) is 10.4. The molecule has 6 rings (SSSR count). The van der Waals surface area contributed by atoms with E-state index < -0.39 is 0 Å². The molecule has 0 aromatic heterocycles. The van der Waals surface area contributed by atoms with E-state index in [2.05, 4.69) is 110 Å². The number of rotatable bonds is 3. The zero-order chi connectivity index (χ0) is 18.9. The third-order valence-corrected chi connectivity index (χ3v) is 7.27. The van der Waals surface area contributed by atoms with Crippen molar-refractivity contribution in [2.24, 2.45) is 17.3 Å². The van der Waals surface area contributed by atoms with Crippen LogP contribution in [0.1, 0.15) is 20.3 Å². The minimum absolute atomic E-state index is 0.0185. The Morgan fingerprint density at radius 1 is 0.821 bits per heavy atom. The molecule has 0 amide bonds. The first-order chi connectivity index (χ1) is 13.6. The molecule has 2 aromatic carbocycles. The van der Waals surface area contributed by atoms with Crippen molar-refractivity contribution in [2.75, 3.05) is 4.90 Å². The smallest absolute Gasteiger partial charge is 0.0897 e. The van der Waals surface area contributed by atoms with Crippen molar-refractivity contribution in [3.05, 3.63) is 108 Å². The molecule has 4 aliphatic carbocycles. The predicted octanol–water partition coefficient (Wildman–Crippen LogP) is 6.60. The van der Waals surface area contributed by atoms with Crippen LogP contribution < -0.4 is 4.90 Å². The second-order valence-electron chi connectivity index (χ2n) is 9.10. The Kier molecular flexibility index (Phi) is 3.11. The lowest BCUT2D eigenvalue weighted by Crippen LogP contribution is -2.32. The van der Waals surface area contributed by atoms with Gasteiger partial charge in [0.2, 0.25) is 0 Å². The molecular weight excluding hydrogens is 338 g/mol. The summed E-state index contributed by atoms with van der Waals surface area (Å²) in [5.74, 6) is 1.13. The second kappa shape index (κ2) is 5.38. The van der Waals surface area contributed by atoms with Gasteiger partial charge in [-0.1, -0.05) is 80.6 Å². The van der Waals surface area contributed by atoms with Crippen LogP contribution in [0, 0.1) is 17.3 Å². The van der Waals surface area contributed by atoms with E-state index in [1.807, 2.05) is 0 Å². The molecule has 3 atom stereocenters. The van der Waals surface area contributed by atoms with E-state index >= 15 is 0 Å². The van der Waals surface area contributed by atoms with Gasteiger partial charge in [0.15, 0.2) is 0 Å². The molecule has 4 aliphatic rings. The standard InChI is InChI=1S/C27H25N/c1-26(2)22-16-10-9-15-21(22)25-23(26)17-27(18-24(25)27)28(19-11-5-3-6-12-19)20-13-7-4-8-14-20/h3-17,21-22H,18H2,1-2H3. The number of hydrogen-bond acceptors (Lipinski definition) is 1. The molecule has 1 nitrogen and oxygen atoms in total. The molecule has 0 bridgehead atoms. The summed E-state index contributed by atoms with van der Waals surface area (Å²) < 4.78 is 0. The predicted molar refractivity (Wildman–Crippen MR) is 117 cm³/mol. The molecule has 0 heterocycles. The molecule has 0 aliphatic heterocycles. The number of fused-ring (bicyclic) bond motifs is 4. The molecule has 3 unspecified atom stereocenters. The van der Waals surface area contributed by atoms with Gasteiger partial charge in [-0.2, -0.15) is 0 Å². The summed E-state index contributed by atoms with van der Waals surface area (Å²) in [6, 6.07) is 21.8. The number of hydrogen-bond donors (Lipinski definition) is 0. The maximum atomic E-state index is 2.61. The fourth-order valence-corrected chi connectivity index (χ4v) is 5.88. The number of allylic oxidation sites excluding steroid dienone is 6. The van der Waals surface area contributed by atoms with E-state index in [1.165, 1.54) is 11.4 Å². The van der Waals surface area contributed by atoms with Crippen molar-refractivity contribution >= 4 is 11.4 Å². The number of para-hydroxylation sites is 2. The van der Waals surface area contributed by atoms with E-state index in [-0.39, 0.29) is 11.0 Å². The van der Waals surface area contributed by atoms with Crippen molar-refractivity contribution in [3.8, 4) is 0 Å². The molecule has 0 spiro atoms. The summed E-state index contributed by atoms with van der Waals surface area (Å²) in [4.78, 5) is 2.56. The Morgan fingerprint density at radius 2 is 1.43 bits per heavy atom. The van der Waals surface area contributed by atoms with Crippen LogP contribution in [0.4, 0.5) is 11.4 Å². The van der Waals surface area contributed by atoms with Gasteiger partial charge < -0.3 is 4.90 Å². The molecule has 138 valence electrons. The van der Waals surface area contributed by atoms with Crippen molar-refractivity contribution in [3.63, 3.8) is 0 Å². The van der Waals surface area contributed by atoms with E-state index in [9.17, 15) is 0 Å². The monoisotopic (exact) mass is 363 g/mol.